The largest absolute Gasteiger partial charge is 0.493 e. The second kappa shape index (κ2) is 6.77. The molecule has 0 aromatic heterocycles. The lowest BCUT2D eigenvalue weighted by Gasteiger charge is -2.19. The van der Waals surface area contributed by atoms with Crippen LogP contribution in [0.2, 0.25) is 0 Å². The molecule has 0 bridgehead atoms. The predicted molar refractivity (Wildman–Crippen MR) is 81.1 cm³/mol. The standard InChI is InChI=1S/C16H21NO5/c1-10(17(19)20)13(9-14(18)11-4-5-11)12-6-7-15(21-2)16(8-12)22-3/h6-8,10-11,13H,4-5,9H2,1-3H3. The smallest absolute Gasteiger partial charge is 0.217 e. The van der Waals surface area contributed by atoms with E-state index in [1.54, 1.807) is 25.1 Å². The second-order valence-electron chi connectivity index (χ2n) is 5.69. The topological polar surface area (TPSA) is 78.7 Å². The van der Waals surface area contributed by atoms with Gasteiger partial charge in [-0.15, -0.1) is 0 Å². The first-order chi connectivity index (χ1) is 10.5. The number of nitro groups is 1. The zero-order valence-electron chi connectivity index (χ0n) is 13.1. The van der Waals surface area contributed by atoms with Gasteiger partial charge in [0.15, 0.2) is 11.5 Å². The van der Waals surface area contributed by atoms with Crippen LogP contribution in [-0.2, 0) is 4.79 Å². The monoisotopic (exact) mass is 307 g/mol. The van der Waals surface area contributed by atoms with E-state index in [4.69, 9.17) is 9.47 Å². The van der Waals surface area contributed by atoms with E-state index in [1.807, 2.05) is 0 Å². The van der Waals surface area contributed by atoms with Crippen molar-refractivity contribution in [2.45, 2.75) is 38.1 Å². The van der Waals surface area contributed by atoms with Crippen molar-refractivity contribution in [2.24, 2.45) is 5.92 Å². The molecule has 1 aromatic rings. The van der Waals surface area contributed by atoms with E-state index >= 15 is 0 Å². The summed E-state index contributed by atoms with van der Waals surface area (Å²) in [6, 6.07) is 4.38. The molecule has 2 unspecified atom stereocenters. The summed E-state index contributed by atoms with van der Waals surface area (Å²) >= 11 is 0. The Morgan fingerprint density at radius 2 is 1.95 bits per heavy atom. The summed E-state index contributed by atoms with van der Waals surface area (Å²) in [4.78, 5) is 23.0. The highest BCUT2D eigenvalue weighted by Crippen LogP contribution is 2.37. The van der Waals surface area contributed by atoms with Gasteiger partial charge < -0.3 is 9.47 Å². The Kier molecular flexibility index (Phi) is 5.00. The highest BCUT2D eigenvalue weighted by molar-refractivity contribution is 5.84. The molecule has 1 saturated carbocycles. The summed E-state index contributed by atoms with van der Waals surface area (Å²) in [5.74, 6) is 0.838. The van der Waals surface area contributed by atoms with Crippen LogP contribution in [0.3, 0.4) is 0 Å². The molecule has 0 aliphatic heterocycles. The minimum Gasteiger partial charge on any atom is -0.493 e. The van der Waals surface area contributed by atoms with Crippen LogP contribution in [0.25, 0.3) is 0 Å². The fourth-order valence-electron chi connectivity index (χ4n) is 2.59. The first kappa shape index (κ1) is 16.3. The van der Waals surface area contributed by atoms with Gasteiger partial charge in [-0.05, 0) is 30.5 Å². The van der Waals surface area contributed by atoms with Crippen molar-refractivity contribution in [1.82, 2.24) is 0 Å². The number of ketones is 1. The number of nitrogens with zero attached hydrogens (tertiary/aromatic N) is 1. The number of carbonyl (C=O) groups excluding carboxylic acids is 1. The van der Waals surface area contributed by atoms with Gasteiger partial charge >= 0.3 is 0 Å². The van der Waals surface area contributed by atoms with Crippen LogP contribution < -0.4 is 9.47 Å². The summed E-state index contributed by atoms with van der Waals surface area (Å²) in [6.07, 6.45) is 2.01. The number of hydrogen-bond acceptors (Lipinski definition) is 5. The first-order valence-corrected chi connectivity index (χ1v) is 7.36. The predicted octanol–water partition coefficient (Wildman–Crippen LogP) is 2.82. The number of Topliss-reactive ketones (excluding diaryl/α,β-unsaturated/α-hetero) is 1. The second-order valence-corrected chi connectivity index (χ2v) is 5.69. The first-order valence-electron chi connectivity index (χ1n) is 7.36. The highest BCUT2D eigenvalue weighted by Gasteiger charge is 2.36. The molecule has 0 amide bonds. The van der Waals surface area contributed by atoms with Crippen molar-refractivity contribution in [3.8, 4) is 11.5 Å². The molecule has 1 fully saturated rings. The van der Waals surface area contributed by atoms with Crippen LogP contribution in [0.4, 0.5) is 0 Å². The molecule has 0 heterocycles. The van der Waals surface area contributed by atoms with Gasteiger partial charge in [0, 0.05) is 24.2 Å². The SMILES string of the molecule is COc1ccc(C(CC(=O)C2CC2)C(C)[N+](=O)[O-])cc1OC. The van der Waals surface area contributed by atoms with Crippen molar-refractivity contribution in [3.05, 3.63) is 33.9 Å². The fraction of sp³-hybridized carbons (Fsp3) is 0.562. The van der Waals surface area contributed by atoms with E-state index in [0.717, 1.165) is 18.4 Å². The zero-order valence-corrected chi connectivity index (χ0v) is 13.1. The van der Waals surface area contributed by atoms with Gasteiger partial charge in [0.1, 0.15) is 5.78 Å². The molecule has 6 nitrogen and oxygen atoms in total. The van der Waals surface area contributed by atoms with Gasteiger partial charge in [0.25, 0.3) is 0 Å². The summed E-state index contributed by atoms with van der Waals surface area (Å²) in [5.41, 5.74) is 0.732. The maximum Gasteiger partial charge on any atom is 0.217 e. The maximum absolute atomic E-state index is 12.1. The molecule has 0 saturated heterocycles. The molecule has 1 aliphatic rings. The molecular formula is C16H21NO5. The Morgan fingerprint density at radius 1 is 1.32 bits per heavy atom. The maximum atomic E-state index is 12.1. The zero-order chi connectivity index (χ0) is 16.3. The van der Waals surface area contributed by atoms with E-state index in [0.29, 0.717) is 11.5 Å². The summed E-state index contributed by atoms with van der Waals surface area (Å²) in [7, 11) is 3.05. The number of hydrogen-bond donors (Lipinski definition) is 0. The Labute approximate surface area is 129 Å². The third-order valence-corrected chi connectivity index (χ3v) is 4.20. The van der Waals surface area contributed by atoms with Gasteiger partial charge in [-0.2, -0.15) is 0 Å². The molecular weight excluding hydrogens is 286 g/mol. The summed E-state index contributed by atoms with van der Waals surface area (Å²) in [5, 5.41) is 11.2. The minimum absolute atomic E-state index is 0.0987. The van der Waals surface area contributed by atoms with Gasteiger partial charge in [-0.1, -0.05) is 6.07 Å². The third-order valence-electron chi connectivity index (χ3n) is 4.20. The average molecular weight is 307 g/mol. The lowest BCUT2D eigenvalue weighted by atomic mass is 9.87. The van der Waals surface area contributed by atoms with E-state index in [-0.39, 0.29) is 23.0 Å². The molecule has 1 aromatic carbocycles. The van der Waals surface area contributed by atoms with E-state index in [1.165, 1.54) is 14.2 Å². The normalized spacial score (nSPS) is 16.7. The van der Waals surface area contributed by atoms with Crippen molar-refractivity contribution < 1.29 is 19.2 Å². The molecule has 0 radical (unpaired) electrons. The van der Waals surface area contributed by atoms with Crippen molar-refractivity contribution in [1.29, 1.82) is 0 Å². The fourth-order valence-corrected chi connectivity index (χ4v) is 2.59. The Bertz CT molecular complexity index is 568. The van der Waals surface area contributed by atoms with Gasteiger partial charge in [-0.25, -0.2) is 0 Å². The van der Waals surface area contributed by atoms with Crippen LogP contribution in [0.1, 0.15) is 37.7 Å². The number of methoxy groups -OCH3 is 2. The van der Waals surface area contributed by atoms with Gasteiger partial charge in [0.05, 0.1) is 20.1 Å². The number of rotatable bonds is 8. The Balaban J connectivity index is 2.30. The van der Waals surface area contributed by atoms with Crippen molar-refractivity contribution in [3.63, 3.8) is 0 Å². The van der Waals surface area contributed by atoms with E-state index < -0.39 is 12.0 Å². The Hall–Kier alpha value is -2.11. The van der Waals surface area contributed by atoms with Crippen molar-refractivity contribution in [2.75, 3.05) is 14.2 Å². The van der Waals surface area contributed by atoms with E-state index in [9.17, 15) is 14.9 Å². The van der Waals surface area contributed by atoms with Gasteiger partial charge in [0.2, 0.25) is 6.04 Å². The lowest BCUT2D eigenvalue weighted by molar-refractivity contribution is -0.522. The van der Waals surface area contributed by atoms with Crippen LogP contribution in [0.15, 0.2) is 18.2 Å². The molecule has 6 heteroatoms. The van der Waals surface area contributed by atoms with Crippen molar-refractivity contribution >= 4 is 5.78 Å². The molecule has 2 atom stereocenters. The molecule has 1 aliphatic carbocycles. The van der Waals surface area contributed by atoms with Crippen LogP contribution in [0, 0.1) is 16.0 Å². The highest BCUT2D eigenvalue weighted by atomic mass is 16.6. The summed E-state index contributed by atoms with van der Waals surface area (Å²) in [6.45, 7) is 1.54. The molecule has 2 rings (SSSR count). The van der Waals surface area contributed by atoms with Crippen LogP contribution in [0.5, 0.6) is 11.5 Å². The lowest BCUT2D eigenvalue weighted by Crippen LogP contribution is -2.26. The van der Waals surface area contributed by atoms with Crippen LogP contribution in [-0.4, -0.2) is 31.0 Å². The number of carbonyl (C=O) groups is 1. The summed E-state index contributed by atoms with van der Waals surface area (Å²) < 4.78 is 10.4. The average Bonchev–Trinajstić information content (AvgIpc) is 3.35. The third kappa shape index (κ3) is 3.55. The van der Waals surface area contributed by atoms with E-state index in [2.05, 4.69) is 0 Å². The van der Waals surface area contributed by atoms with Crippen LogP contribution >= 0.6 is 0 Å². The minimum atomic E-state index is -0.833. The number of benzene rings is 1. The molecule has 120 valence electrons. The molecule has 0 N–H and O–H groups in total. The quantitative estimate of drug-likeness (QED) is 0.545. The molecule has 22 heavy (non-hydrogen) atoms. The number of ether oxygens (including phenoxy) is 2. The Morgan fingerprint density at radius 3 is 2.45 bits per heavy atom. The van der Waals surface area contributed by atoms with Gasteiger partial charge in [-0.3, -0.25) is 14.9 Å². The molecule has 0 spiro atoms.